The molecule has 126 valence electrons. The predicted octanol–water partition coefficient (Wildman–Crippen LogP) is 2.44. The maximum Gasteiger partial charge on any atom is 0.134 e. The lowest BCUT2D eigenvalue weighted by Crippen LogP contribution is -2.37. The van der Waals surface area contributed by atoms with Gasteiger partial charge in [0.15, 0.2) is 0 Å². The zero-order valence-corrected chi connectivity index (χ0v) is 13.9. The fourth-order valence-electron chi connectivity index (χ4n) is 3.81. The Kier molecular flexibility index (Phi) is 4.34. The molecule has 0 spiro atoms. The van der Waals surface area contributed by atoms with Crippen LogP contribution < -0.4 is 10.2 Å². The lowest BCUT2D eigenvalue weighted by Gasteiger charge is -2.33. The summed E-state index contributed by atoms with van der Waals surface area (Å²) in [7, 11) is 0. The van der Waals surface area contributed by atoms with E-state index in [0.29, 0.717) is 11.8 Å². The van der Waals surface area contributed by atoms with Gasteiger partial charge in [-0.05, 0) is 36.3 Å². The van der Waals surface area contributed by atoms with Crippen LogP contribution in [0.25, 0.3) is 0 Å². The number of rotatable bonds is 5. The third kappa shape index (κ3) is 3.08. The summed E-state index contributed by atoms with van der Waals surface area (Å²) in [5.41, 5.74) is 2.93. The van der Waals surface area contributed by atoms with Crippen LogP contribution in [0.15, 0.2) is 36.7 Å². The summed E-state index contributed by atoms with van der Waals surface area (Å²) in [4.78, 5) is 11.0. The van der Waals surface area contributed by atoms with Crippen LogP contribution in [-0.2, 0) is 6.42 Å². The maximum absolute atomic E-state index is 9.40. The van der Waals surface area contributed by atoms with Crippen molar-refractivity contribution >= 4 is 11.6 Å². The monoisotopic (exact) mass is 324 g/mol. The third-order valence-corrected chi connectivity index (χ3v) is 5.24. The quantitative estimate of drug-likeness (QED) is 0.884. The van der Waals surface area contributed by atoms with Crippen molar-refractivity contribution in [1.29, 1.82) is 0 Å². The second-order valence-corrected chi connectivity index (χ2v) is 6.88. The van der Waals surface area contributed by atoms with Crippen molar-refractivity contribution < 1.29 is 5.11 Å². The largest absolute Gasteiger partial charge is 0.396 e. The fourth-order valence-corrected chi connectivity index (χ4v) is 3.81. The summed E-state index contributed by atoms with van der Waals surface area (Å²) < 4.78 is 0. The first-order valence-corrected chi connectivity index (χ1v) is 8.83. The SMILES string of the molecule is OC[C@@H]1CCCN(c2cc(NC[C@@H]3Cc4ccccc43)ncn2)C1. The molecule has 2 aliphatic rings. The molecule has 1 aliphatic heterocycles. The van der Waals surface area contributed by atoms with Gasteiger partial charge in [0.1, 0.15) is 18.0 Å². The van der Waals surface area contributed by atoms with Crippen molar-refractivity contribution in [1.82, 2.24) is 9.97 Å². The molecule has 1 fully saturated rings. The van der Waals surface area contributed by atoms with Gasteiger partial charge < -0.3 is 15.3 Å². The minimum absolute atomic E-state index is 0.258. The van der Waals surface area contributed by atoms with Crippen molar-refractivity contribution in [3.63, 3.8) is 0 Å². The van der Waals surface area contributed by atoms with Gasteiger partial charge in [0.2, 0.25) is 0 Å². The minimum Gasteiger partial charge on any atom is -0.396 e. The minimum atomic E-state index is 0.258. The van der Waals surface area contributed by atoms with Gasteiger partial charge in [-0.3, -0.25) is 0 Å². The molecule has 5 nitrogen and oxygen atoms in total. The van der Waals surface area contributed by atoms with Gasteiger partial charge in [-0.15, -0.1) is 0 Å². The number of aliphatic hydroxyl groups excluding tert-OH is 1. The van der Waals surface area contributed by atoms with Gasteiger partial charge in [0.05, 0.1) is 0 Å². The number of piperidine rings is 1. The Hall–Kier alpha value is -2.14. The second-order valence-electron chi connectivity index (χ2n) is 6.88. The Balaban J connectivity index is 1.38. The molecule has 1 aliphatic carbocycles. The number of aliphatic hydroxyl groups is 1. The van der Waals surface area contributed by atoms with E-state index >= 15 is 0 Å². The Bertz CT molecular complexity index is 705. The number of anilines is 2. The Labute approximate surface area is 142 Å². The van der Waals surface area contributed by atoms with Crippen molar-refractivity contribution in [3.05, 3.63) is 47.8 Å². The van der Waals surface area contributed by atoms with E-state index in [9.17, 15) is 5.11 Å². The summed E-state index contributed by atoms with van der Waals surface area (Å²) in [6.45, 7) is 3.05. The smallest absolute Gasteiger partial charge is 0.134 e. The van der Waals surface area contributed by atoms with E-state index in [2.05, 4.69) is 44.5 Å². The van der Waals surface area contributed by atoms with E-state index in [0.717, 1.165) is 50.5 Å². The number of nitrogens with zero attached hydrogens (tertiary/aromatic N) is 3. The number of hydrogen-bond acceptors (Lipinski definition) is 5. The summed E-state index contributed by atoms with van der Waals surface area (Å²) in [6, 6.07) is 10.7. The van der Waals surface area contributed by atoms with Crippen molar-refractivity contribution in [2.75, 3.05) is 36.5 Å². The van der Waals surface area contributed by atoms with Gasteiger partial charge in [-0.25, -0.2) is 9.97 Å². The highest BCUT2D eigenvalue weighted by atomic mass is 16.3. The number of hydrogen-bond donors (Lipinski definition) is 2. The molecule has 5 heteroatoms. The molecular formula is C19H24N4O. The molecule has 1 aromatic heterocycles. The highest BCUT2D eigenvalue weighted by molar-refractivity contribution is 5.50. The molecular weight excluding hydrogens is 300 g/mol. The lowest BCUT2D eigenvalue weighted by atomic mass is 9.77. The molecule has 1 saturated heterocycles. The van der Waals surface area contributed by atoms with Crippen LogP contribution in [0.2, 0.25) is 0 Å². The molecule has 4 rings (SSSR count). The lowest BCUT2D eigenvalue weighted by molar-refractivity contribution is 0.208. The van der Waals surface area contributed by atoms with E-state index in [1.807, 2.05) is 6.07 Å². The van der Waals surface area contributed by atoms with E-state index in [1.54, 1.807) is 6.33 Å². The zero-order chi connectivity index (χ0) is 16.4. The van der Waals surface area contributed by atoms with E-state index in [4.69, 9.17) is 0 Å². The van der Waals surface area contributed by atoms with Crippen molar-refractivity contribution in [2.45, 2.75) is 25.2 Å². The first kappa shape index (κ1) is 15.4. The average Bonchev–Trinajstić information content (AvgIpc) is 2.63. The standard InChI is InChI=1S/C19H24N4O/c24-12-14-4-3-7-23(11-14)19-9-18(21-13-22-19)20-10-16-8-15-5-1-2-6-17(15)16/h1-2,5-6,9,13-14,16,24H,3-4,7-8,10-12H2,(H,20,21,22)/t14-,16+/m1/s1. The number of benzene rings is 1. The molecule has 0 unspecified atom stereocenters. The van der Waals surface area contributed by atoms with Crippen LogP contribution >= 0.6 is 0 Å². The summed E-state index contributed by atoms with van der Waals surface area (Å²) >= 11 is 0. The normalized spacial score (nSPS) is 22.6. The van der Waals surface area contributed by atoms with Gasteiger partial charge in [-0.1, -0.05) is 24.3 Å². The van der Waals surface area contributed by atoms with Crippen molar-refractivity contribution in [3.8, 4) is 0 Å². The molecule has 2 N–H and O–H groups in total. The zero-order valence-electron chi connectivity index (χ0n) is 13.9. The molecule has 0 amide bonds. The van der Waals surface area contributed by atoms with Crippen LogP contribution in [0.3, 0.4) is 0 Å². The van der Waals surface area contributed by atoms with Crippen molar-refractivity contribution in [2.24, 2.45) is 5.92 Å². The third-order valence-electron chi connectivity index (χ3n) is 5.24. The highest BCUT2D eigenvalue weighted by Gasteiger charge is 2.25. The van der Waals surface area contributed by atoms with E-state index < -0.39 is 0 Å². The van der Waals surface area contributed by atoms with Crippen LogP contribution in [0.1, 0.15) is 29.9 Å². The molecule has 2 heterocycles. The first-order chi connectivity index (χ1) is 11.8. The van der Waals surface area contributed by atoms with Crippen LogP contribution in [-0.4, -0.2) is 41.3 Å². The molecule has 2 aromatic rings. The second kappa shape index (κ2) is 6.77. The van der Waals surface area contributed by atoms with E-state index in [1.165, 1.54) is 11.1 Å². The summed E-state index contributed by atoms with van der Waals surface area (Å²) in [6.07, 6.45) is 4.99. The molecule has 24 heavy (non-hydrogen) atoms. The first-order valence-electron chi connectivity index (χ1n) is 8.83. The topological polar surface area (TPSA) is 61.3 Å². The molecule has 0 saturated carbocycles. The summed E-state index contributed by atoms with van der Waals surface area (Å²) in [5.74, 6) is 2.78. The van der Waals surface area contributed by atoms with Gasteiger partial charge in [0, 0.05) is 38.2 Å². The molecule has 0 bridgehead atoms. The molecule has 2 atom stereocenters. The van der Waals surface area contributed by atoms with Gasteiger partial charge >= 0.3 is 0 Å². The maximum atomic E-state index is 9.40. The van der Waals surface area contributed by atoms with Crippen LogP contribution in [0.5, 0.6) is 0 Å². The highest BCUT2D eigenvalue weighted by Crippen LogP contribution is 2.34. The summed E-state index contributed by atoms with van der Waals surface area (Å²) in [5, 5.41) is 12.9. The fraction of sp³-hybridized carbons (Fsp3) is 0.474. The predicted molar refractivity (Wildman–Crippen MR) is 95.4 cm³/mol. The number of nitrogens with one attached hydrogen (secondary N) is 1. The number of aromatic nitrogens is 2. The Morgan fingerprint density at radius 1 is 1.25 bits per heavy atom. The molecule has 1 aromatic carbocycles. The Morgan fingerprint density at radius 3 is 3.04 bits per heavy atom. The van der Waals surface area contributed by atoms with Gasteiger partial charge in [0.25, 0.3) is 0 Å². The van der Waals surface area contributed by atoms with Crippen LogP contribution in [0.4, 0.5) is 11.6 Å². The molecule has 0 radical (unpaired) electrons. The average molecular weight is 324 g/mol. The van der Waals surface area contributed by atoms with Crippen LogP contribution in [0, 0.1) is 5.92 Å². The Morgan fingerprint density at radius 2 is 2.17 bits per heavy atom. The number of fused-ring (bicyclic) bond motifs is 1. The van der Waals surface area contributed by atoms with Gasteiger partial charge in [-0.2, -0.15) is 0 Å². The van der Waals surface area contributed by atoms with E-state index in [-0.39, 0.29) is 6.61 Å².